The van der Waals surface area contributed by atoms with Gasteiger partial charge in [-0.2, -0.15) is 5.10 Å². The molecule has 0 aliphatic carbocycles. The number of nitrogens with zero attached hydrogens (tertiary/aromatic N) is 4. The standard InChI is InChI=1S/C29H39N5O6/c1-5-30-29(36)33(13-12-32-14-16-40-17-15-32)20-28(35)34-26(24-18-23(38-3)10-11-27(24)39-4)19-25(31-34)21-6-8-22(37-2)9-7-21/h6-11,18,26H,5,12-17,19-20H2,1-4H3,(H,30,36)/t26-/m1/s1. The third-order valence-corrected chi connectivity index (χ3v) is 7.12. The lowest BCUT2D eigenvalue weighted by atomic mass is 9.97. The molecule has 40 heavy (non-hydrogen) atoms. The third-order valence-electron chi connectivity index (χ3n) is 7.12. The zero-order valence-corrected chi connectivity index (χ0v) is 23.7. The molecule has 1 fully saturated rings. The van der Waals surface area contributed by atoms with E-state index in [-0.39, 0.29) is 18.5 Å². The van der Waals surface area contributed by atoms with Crippen molar-refractivity contribution in [1.82, 2.24) is 20.1 Å². The van der Waals surface area contributed by atoms with Gasteiger partial charge in [-0.15, -0.1) is 0 Å². The summed E-state index contributed by atoms with van der Waals surface area (Å²) in [7, 11) is 4.81. The van der Waals surface area contributed by atoms with E-state index in [2.05, 4.69) is 10.2 Å². The highest BCUT2D eigenvalue weighted by molar-refractivity contribution is 6.03. The lowest BCUT2D eigenvalue weighted by Gasteiger charge is -2.31. The number of hydrazone groups is 1. The number of rotatable bonds is 11. The first kappa shape index (κ1) is 29.2. The van der Waals surface area contributed by atoms with Crippen molar-refractivity contribution in [3.8, 4) is 17.2 Å². The summed E-state index contributed by atoms with van der Waals surface area (Å²) in [5.74, 6) is 1.73. The van der Waals surface area contributed by atoms with Crippen molar-refractivity contribution < 1.29 is 28.5 Å². The molecule has 2 aromatic rings. The van der Waals surface area contributed by atoms with Crippen molar-refractivity contribution >= 4 is 17.6 Å². The molecule has 1 atom stereocenters. The summed E-state index contributed by atoms with van der Waals surface area (Å²) in [4.78, 5) is 30.7. The molecule has 4 rings (SSSR count). The molecule has 0 saturated carbocycles. The van der Waals surface area contributed by atoms with E-state index in [1.54, 1.807) is 26.2 Å². The average molecular weight is 554 g/mol. The largest absolute Gasteiger partial charge is 0.497 e. The summed E-state index contributed by atoms with van der Waals surface area (Å²) >= 11 is 0. The van der Waals surface area contributed by atoms with Crippen LogP contribution in [0.3, 0.4) is 0 Å². The van der Waals surface area contributed by atoms with Crippen LogP contribution in [-0.4, -0.2) is 106 Å². The van der Waals surface area contributed by atoms with Gasteiger partial charge in [0.15, 0.2) is 0 Å². The number of benzene rings is 2. The van der Waals surface area contributed by atoms with Gasteiger partial charge in [0.2, 0.25) is 0 Å². The van der Waals surface area contributed by atoms with E-state index in [1.165, 1.54) is 5.01 Å². The highest BCUT2D eigenvalue weighted by Gasteiger charge is 2.36. The van der Waals surface area contributed by atoms with E-state index in [4.69, 9.17) is 24.0 Å². The maximum absolute atomic E-state index is 13.9. The first-order valence-corrected chi connectivity index (χ1v) is 13.6. The maximum Gasteiger partial charge on any atom is 0.317 e. The molecule has 2 aliphatic rings. The van der Waals surface area contributed by atoms with Gasteiger partial charge >= 0.3 is 6.03 Å². The number of morpholine rings is 1. The van der Waals surface area contributed by atoms with Crippen molar-refractivity contribution in [3.63, 3.8) is 0 Å². The van der Waals surface area contributed by atoms with Gasteiger partial charge in [0.1, 0.15) is 23.8 Å². The van der Waals surface area contributed by atoms with Crippen LogP contribution in [0.2, 0.25) is 0 Å². The van der Waals surface area contributed by atoms with Gasteiger partial charge in [-0.1, -0.05) is 0 Å². The number of methoxy groups -OCH3 is 3. The molecule has 1 N–H and O–H groups in total. The Morgan fingerprint density at radius 3 is 2.38 bits per heavy atom. The number of carbonyl (C=O) groups is 2. The molecular formula is C29H39N5O6. The number of urea groups is 1. The quantitative estimate of drug-likeness (QED) is 0.456. The molecular weight excluding hydrogens is 514 g/mol. The Bertz CT molecular complexity index is 1180. The Balaban J connectivity index is 1.62. The summed E-state index contributed by atoms with van der Waals surface area (Å²) in [6, 6.07) is 12.4. The minimum absolute atomic E-state index is 0.113. The second-order valence-corrected chi connectivity index (χ2v) is 9.55. The van der Waals surface area contributed by atoms with Crippen LogP contribution < -0.4 is 19.5 Å². The molecule has 0 radical (unpaired) electrons. The maximum atomic E-state index is 13.9. The molecule has 0 aromatic heterocycles. The van der Waals surface area contributed by atoms with Crippen molar-refractivity contribution in [2.24, 2.45) is 5.10 Å². The van der Waals surface area contributed by atoms with Crippen LogP contribution in [0.1, 0.15) is 30.5 Å². The van der Waals surface area contributed by atoms with Gasteiger partial charge in [-0.25, -0.2) is 9.80 Å². The van der Waals surface area contributed by atoms with Gasteiger partial charge in [-0.05, 0) is 55.0 Å². The van der Waals surface area contributed by atoms with Gasteiger partial charge in [0, 0.05) is 44.7 Å². The number of hydrogen-bond donors (Lipinski definition) is 1. The Labute approximate surface area is 235 Å². The molecule has 2 aromatic carbocycles. The Kier molecular flexibility index (Phi) is 10.2. The summed E-state index contributed by atoms with van der Waals surface area (Å²) < 4.78 is 21.9. The van der Waals surface area contributed by atoms with Gasteiger partial charge in [0.25, 0.3) is 5.91 Å². The minimum atomic E-state index is -0.440. The van der Waals surface area contributed by atoms with Crippen LogP contribution >= 0.6 is 0 Å². The topological polar surface area (TPSA) is 105 Å². The minimum Gasteiger partial charge on any atom is -0.497 e. The molecule has 11 heteroatoms. The summed E-state index contributed by atoms with van der Waals surface area (Å²) in [5, 5.41) is 9.11. The lowest BCUT2D eigenvalue weighted by molar-refractivity contribution is -0.133. The van der Waals surface area contributed by atoms with Crippen LogP contribution in [0.25, 0.3) is 0 Å². The first-order valence-electron chi connectivity index (χ1n) is 13.6. The number of amides is 3. The van der Waals surface area contributed by atoms with Crippen LogP contribution in [0.5, 0.6) is 17.2 Å². The van der Waals surface area contributed by atoms with Crippen molar-refractivity contribution in [2.45, 2.75) is 19.4 Å². The molecule has 2 aliphatic heterocycles. The smallest absolute Gasteiger partial charge is 0.317 e. The fraction of sp³-hybridized carbons (Fsp3) is 0.483. The lowest BCUT2D eigenvalue weighted by Crippen LogP contribution is -2.49. The van der Waals surface area contributed by atoms with Crippen molar-refractivity contribution in [3.05, 3.63) is 53.6 Å². The molecule has 3 amide bonds. The SMILES string of the molecule is CCNC(=O)N(CCN1CCOCC1)CC(=O)N1N=C(c2ccc(OC)cc2)C[C@@H]1c1cc(OC)ccc1OC. The highest BCUT2D eigenvalue weighted by atomic mass is 16.5. The third kappa shape index (κ3) is 7.02. The first-order chi connectivity index (χ1) is 19.5. The number of ether oxygens (including phenoxy) is 4. The van der Waals surface area contributed by atoms with E-state index >= 15 is 0 Å². The normalized spacial score (nSPS) is 17.2. The molecule has 0 bridgehead atoms. The summed E-state index contributed by atoms with van der Waals surface area (Å²) in [6.45, 7) is 6.22. The molecule has 0 spiro atoms. The van der Waals surface area contributed by atoms with Gasteiger partial charge < -0.3 is 29.2 Å². The van der Waals surface area contributed by atoms with Gasteiger partial charge in [0.05, 0.1) is 46.3 Å². The van der Waals surface area contributed by atoms with Crippen LogP contribution in [0, 0.1) is 0 Å². The fourth-order valence-corrected chi connectivity index (χ4v) is 4.88. The second-order valence-electron chi connectivity index (χ2n) is 9.55. The van der Waals surface area contributed by atoms with Crippen molar-refractivity contribution in [2.75, 3.05) is 73.8 Å². The second kappa shape index (κ2) is 14.0. The molecule has 0 unspecified atom stereocenters. The van der Waals surface area contributed by atoms with E-state index in [0.29, 0.717) is 50.8 Å². The fourth-order valence-electron chi connectivity index (χ4n) is 4.88. The molecule has 1 saturated heterocycles. The van der Waals surface area contributed by atoms with E-state index in [9.17, 15) is 9.59 Å². The zero-order valence-electron chi connectivity index (χ0n) is 23.7. The number of nitrogens with one attached hydrogen (secondary N) is 1. The summed E-state index contributed by atoms with van der Waals surface area (Å²) in [5.41, 5.74) is 2.42. The Morgan fingerprint density at radius 2 is 1.73 bits per heavy atom. The molecule has 216 valence electrons. The molecule has 11 nitrogen and oxygen atoms in total. The van der Waals surface area contributed by atoms with E-state index < -0.39 is 6.04 Å². The summed E-state index contributed by atoms with van der Waals surface area (Å²) in [6.07, 6.45) is 0.469. The van der Waals surface area contributed by atoms with Crippen LogP contribution in [-0.2, 0) is 9.53 Å². The van der Waals surface area contributed by atoms with E-state index in [1.807, 2.05) is 49.4 Å². The Hall–Kier alpha value is -3.83. The highest BCUT2D eigenvalue weighted by Crippen LogP contribution is 2.39. The average Bonchev–Trinajstić information content (AvgIpc) is 3.45. The van der Waals surface area contributed by atoms with Crippen molar-refractivity contribution in [1.29, 1.82) is 0 Å². The monoisotopic (exact) mass is 553 g/mol. The van der Waals surface area contributed by atoms with Crippen LogP contribution in [0.15, 0.2) is 47.6 Å². The van der Waals surface area contributed by atoms with Crippen LogP contribution in [0.4, 0.5) is 4.79 Å². The predicted octanol–water partition coefficient (Wildman–Crippen LogP) is 2.75. The molecule has 2 heterocycles. The Morgan fingerprint density at radius 1 is 1.02 bits per heavy atom. The number of carbonyl (C=O) groups excluding carboxylic acids is 2. The number of hydrogen-bond acceptors (Lipinski definition) is 8. The predicted molar refractivity (Wildman–Crippen MR) is 151 cm³/mol. The van der Waals surface area contributed by atoms with E-state index in [0.717, 1.165) is 35.7 Å². The zero-order chi connectivity index (χ0) is 28.5. The van der Waals surface area contributed by atoms with Gasteiger partial charge in [-0.3, -0.25) is 9.69 Å².